The van der Waals surface area contributed by atoms with E-state index < -0.39 is 15.9 Å². The number of amides is 1. The third-order valence-electron chi connectivity index (χ3n) is 4.12. The first-order valence-electron chi connectivity index (χ1n) is 8.28. The zero-order valence-corrected chi connectivity index (χ0v) is 16.5. The van der Waals surface area contributed by atoms with E-state index in [0.717, 1.165) is 9.87 Å². The lowest BCUT2D eigenvalue weighted by molar-refractivity contribution is 0.100. The van der Waals surface area contributed by atoms with Crippen LogP contribution in [0.15, 0.2) is 77.7 Å². The summed E-state index contributed by atoms with van der Waals surface area (Å²) in [4.78, 5) is 13.3. The Morgan fingerprint density at radius 2 is 1.59 bits per heavy atom. The molecule has 0 saturated carbocycles. The summed E-state index contributed by atoms with van der Waals surface area (Å²) in [6.07, 6.45) is 0. The van der Waals surface area contributed by atoms with Gasteiger partial charge in [0.15, 0.2) is 0 Å². The van der Waals surface area contributed by atoms with Crippen molar-refractivity contribution in [3.8, 4) is 0 Å². The smallest absolute Gasteiger partial charge is 0.268 e. The standard InChI is InChI=1S/C21H18ClNO3S/c1-15-11-12-16(2)20(13-15)23(21(24)17-7-6-8-18(22)14-17)27(25,26)19-9-4-3-5-10-19/h3-14H,1-2H3. The second-order valence-corrected chi connectivity index (χ2v) is 8.41. The average Bonchev–Trinajstić information content (AvgIpc) is 2.65. The quantitative estimate of drug-likeness (QED) is 0.620. The van der Waals surface area contributed by atoms with Crippen LogP contribution in [0.3, 0.4) is 0 Å². The van der Waals surface area contributed by atoms with Gasteiger partial charge in [-0.1, -0.05) is 48.0 Å². The fourth-order valence-electron chi connectivity index (χ4n) is 2.72. The molecule has 6 heteroatoms. The third kappa shape index (κ3) is 3.89. The van der Waals surface area contributed by atoms with Crippen LogP contribution in [0.1, 0.15) is 21.5 Å². The third-order valence-corrected chi connectivity index (χ3v) is 6.07. The maximum Gasteiger partial charge on any atom is 0.272 e. The summed E-state index contributed by atoms with van der Waals surface area (Å²) in [5, 5.41) is 0.360. The number of benzene rings is 3. The molecule has 138 valence electrons. The van der Waals surface area contributed by atoms with E-state index in [9.17, 15) is 13.2 Å². The number of halogens is 1. The first-order valence-corrected chi connectivity index (χ1v) is 10.1. The van der Waals surface area contributed by atoms with Gasteiger partial charge < -0.3 is 0 Å². The van der Waals surface area contributed by atoms with Crippen molar-refractivity contribution in [3.05, 3.63) is 94.5 Å². The number of hydrogen-bond acceptors (Lipinski definition) is 3. The van der Waals surface area contributed by atoms with E-state index in [4.69, 9.17) is 11.6 Å². The average molecular weight is 400 g/mol. The number of aryl methyl sites for hydroxylation is 2. The van der Waals surface area contributed by atoms with Crippen LogP contribution in [0.4, 0.5) is 5.69 Å². The van der Waals surface area contributed by atoms with Crippen molar-refractivity contribution < 1.29 is 13.2 Å². The Hall–Kier alpha value is -2.63. The molecule has 1 amide bonds. The number of anilines is 1. The highest BCUT2D eigenvalue weighted by Crippen LogP contribution is 2.30. The van der Waals surface area contributed by atoms with Gasteiger partial charge >= 0.3 is 0 Å². The monoisotopic (exact) mass is 399 g/mol. The molecule has 0 aliphatic rings. The molecule has 0 spiro atoms. The second kappa shape index (κ2) is 7.55. The molecule has 0 radical (unpaired) electrons. The van der Waals surface area contributed by atoms with Crippen LogP contribution in [-0.4, -0.2) is 14.3 Å². The van der Waals surface area contributed by atoms with Crippen LogP contribution in [0, 0.1) is 13.8 Å². The number of hydrogen-bond donors (Lipinski definition) is 0. The molecule has 0 saturated heterocycles. The zero-order chi connectivity index (χ0) is 19.6. The summed E-state index contributed by atoms with van der Waals surface area (Å²) >= 11 is 6.01. The molecule has 0 aliphatic carbocycles. The molecule has 0 fully saturated rings. The van der Waals surface area contributed by atoms with Crippen molar-refractivity contribution in [1.29, 1.82) is 0 Å². The summed E-state index contributed by atoms with van der Waals surface area (Å²) in [5.74, 6) is -0.657. The molecule has 0 N–H and O–H groups in total. The minimum atomic E-state index is -4.11. The van der Waals surface area contributed by atoms with E-state index >= 15 is 0 Å². The molecule has 3 rings (SSSR count). The molecule has 0 heterocycles. The highest BCUT2D eigenvalue weighted by Gasteiger charge is 2.32. The Kier molecular flexibility index (Phi) is 5.35. The number of carbonyl (C=O) groups is 1. The van der Waals surface area contributed by atoms with E-state index in [1.165, 1.54) is 18.2 Å². The Bertz CT molecular complexity index is 1100. The van der Waals surface area contributed by atoms with Crippen LogP contribution < -0.4 is 4.31 Å². The van der Waals surface area contributed by atoms with Crippen molar-refractivity contribution in [1.82, 2.24) is 0 Å². The number of carbonyl (C=O) groups excluding carboxylic acids is 1. The van der Waals surface area contributed by atoms with Gasteiger partial charge in [0.2, 0.25) is 0 Å². The van der Waals surface area contributed by atoms with Gasteiger partial charge in [-0.15, -0.1) is 0 Å². The van der Waals surface area contributed by atoms with E-state index in [2.05, 4.69) is 0 Å². The van der Waals surface area contributed by atoms with Gasteiger partial charge in [-0.05, 0) is 61.4 Å². The predicted molar refractivity (Wildman–Crippen MR) is 108 cm³/mol. The van der Waals surface area contributed by atoms with Gasteiger partial charge in [0.25, 0.3) is 15.9 Å². The topological polar surface area (TPSA) is 54.5 Å². The highest BCUT2D eigenvalue weighted by atomic mass is 35.5. The molecule has 3 aromatic carbocycles. The summed E-state index contributed by atoms with van der Waals surface area (Å²) in [6.45, 7) is 3.62. The van der Waals surface area contributed by atoms with Crippen molar-refractivity contribution >= 4 is 33.2 Å². The molecule has 3 aromatic rings. The van der Waals surface area contributed by atoms with Crippen LogP contribution in [0.25, 0.3) is 0 Å². The maximum atomic E-state index is 13.4. The van der Waals surface area contributed by atoms with Crippen molar-refractivity contribution in [2.24, 2.45) is 0 Å². The van der Waals surface area contributed by atoms with Crippen LogP contribution in [0.2, 0.25) is 5.02 Å². The minimum Gasteiger partial charge on any atom is -0.268 e. The Morgan fingerprint density at radius 1 is 0.889 bits per heavy atom. The van der Waals surface area contributed by atoms with E-state index in [0.29, 0.717) is 16.3 Å². The maximum absolute atomic E-state index is 13.4. The number of rotatable bonds is 4. The molecule has 27 heavy (non-hydrogen) atoms. The number of nitrogens with zero attached hydrogens (tertiary/aromatic N) is 1. The van der Waals surface area contributed by atoms with Gasteiger partial charge in [0.05, 0.1) is 10.6 Å². The van der Waals surface area contributed by atoms with Gasteiger partial charge in [0.1, 0.15) is 0 Å². The molecular formula is C21H18ClNO3S. The minimum absolute atomic E-state index is 0.0429. The van der Waals surface area contributed by atoms with Crippen molar-refractivity contribution in [2.75, 3.05) is 4.31 Å². The molecule has 0 unspecified atom stereocenters. The fourth-order valence-corrected chi connectivity index (χ4v) is 4.40. The SMILES string of the molecule is Cc1ccc(C)c(N(C(=O)c2cccc(Cl)c2)S(=O)(=O)c2ccccc2)c1. The van der Waals surface area contributed by atoms with Crippen molar-refractivity contribution in [2.45, 2.75) is 18.7 Å². The first kappa shape index (κ1) is 19.1. The zero-order valence-electron chi connectivity index (χ0n) is 14.9. The van der Waals surface area contributed by atoms with E-state index in [1.807, 2.05) is 13.0 Å². The Labute approximate surface area is 164 Å². The Morgan fingerprint density at radius 3 is 2.26 bits per heavy atom. The molecule has 0 aliphatic heterocycles. The fraction of sp³-hybridized carbons (Fsp3) is 0.0952. The van der Waals surface area contributed by atoms with Crippen molar-refractivity contribution in [3.63, 3.8) is 0 Å². The summed E-state index contributed by atoms with van der Waals surface area (Å²) < 4.78 is 27.6. The molecule has 0 bridgehead atoms. The lowest BCUT2D eigenvalue weighted by Crippen LogP contribution is -2.37. The number of sulfonamides is 1. The summed E-state index contributed by atoms with van der Waals surface area (Å²) in [6, 6.07) is 19.5. The van der Waals surface area contributed by atoms with Gasteiger partial charge in [-0.3, -0.25) is 4.79 Å². The van der Waals surface area contributed by atoms with Gasteiger partial charge in [0, 0.05) is 10.6 Å². The normalized spacial score (nSPS) is 11.2. The predicted octanol–water partition coefficient (Wildman–Crippen LogP) is 4.99. The highest BCUT2D eigenvalue weighted by molar-refractivity contribution is 7.93. The summed E-state index contributed by atoms with van der Waals surface area (Å²) in [7, 11) is -4.11. The molecular weight excluding hydrogens is 382 g/mol. The van der Waals surface area contributed by atoms with Crippen LogP contribution in [0.5, 0.6) is 0 Å². The van der Waals surface area contributed by atoms with Crippen LogP contribution >= 0.6 is 11.6 Å². The van der Waals surface area contributed by atoms with Crippen LogP contribution in [-0.2, 0) is 10.0 Å². The molecule has 4 nitrogen and oxygen atoms in total. The Balaban J connectivity index is 2.24. The lowest BCUT2D eigenvalue weighted by atomic mass is 10.1. The van der Waals surface area contributed by atoms with Gasteiger partial charge in [-0.2, -0.15) is 4.31 Å². The van der Waals surface area contributed by atoms with Gasteiger partial charge in [-0.25, -0.2) is 8.42 Å². The van der Waals surface area contributed by atoms with E-state index in [1.54, 1.807) is 55.5 Å². The first-order chi connectivity index (χ1) is 12.8. The molecule has 0 aromatic heterocycles. The molecule has 0 atom stereocenters. The summed E-state index contributed by atoms with van der Waals surface area (Å²) in [5.41, 5.74) is 2.05. The van der Waals surface area contributed by atoms with E-state index in [-0.39, 0.29) is 10.5 Å². The second-order valence-electron chi connectivity index (χ2n) is 6.19. The largest absolute Gasteiger partial charge is 0.272 e. The lowest BCUT2D eigenvalue weighted by Gasteiger charge is -2.25.